The summed E-state index contributed by atoms with van der Waals surface area (Å²) in [7, 11) is 0. The minimum atomic E-state index is -0.506. The van der Waals surface area contributed by atoms with Gasteiger partial charge in [-0.3, -0.25) is 4.79 Å². The summed E-state index contributed by atoms with van der Waals surface area (Å²) in [6.45, 7) is 2.23. The highest BCUT2D eigenvalue weighted by molar-refractivity contribution is 5.90. The van der Waals surface area contributed by atoms with Crippen molar-refractivity contribution in [3.63, 3.8) is 0 Å². The Morgan fingerprint density at radius 1 is 1.15 bits per heavy atom. The SMILES string of the molecule is CCn1c(=O)c(-c2nc(-c3ccccc3F)no2)c(O)c2ccccc21. The van der Waals surface area contributed by atoms with Crippen LogP contribution in [0.25, 0.3) is 33.7 Å². The van der Waals surface area contributed by atoms with Gasteiger partial charge in [-0.05, 0) is 31.2 Å². The molecule has 130 valence electrons. The molecular formula is C19H14FN3O3. The van der Waals surface area contributed by atoms with Crippen LogP contribution in [0.2, 0.25) is 0 Å². The number of fused-ring (bicyclic) bond motifs is 1. The molecule has 0 atom stereocenters. The van der Waals surface area contributed by atoms with E-state index in [0.29, 0.717) is 17.4 Å². The van der Waals surface area contributed by atoms with Gasteiger partial charge in [0.05, 0.1) is 11.1 Å². The summed E-state index contributed by atoms with van der Waals surface area (Å²) in [6, 6.07) is 13.0. The maximum Gasteiger partial charge on any atom is 0.267 e. The highest BCUT2D eigenvalue weighted by atomic mass is 19.1. The lowest BCUT2D eigenvalue weighted by Crippen LogP contribution is -2.21. The lowest BCUT2D eigenvalue weighted by Gasteiger charge is -2.11. The molecule has 1 N–H and O–H groups in total. The molecule has 0 aliphatic carbocycles. The van der Waals surface area contributed by atoms with Gasteiger partial charge in [-0.25, -0.2) is 4.39 Å². The number of aromatic nitrogens is 3. The minimum Gasteiger partial charge on any atom is -0.506 e. The Morgan fingerprint density at radius 3 is 2.65 bits per heavy atom. The standard InChI is InChI=1S/C19H14FN3O3/c1-2-23-14-10-6-4-8-12(14)16(24)15(19(23)25)18-21-17(22-26-18)11-7-3-5-9-13(11)20/h3-10,24H,2H2,1H3. The van der Waals surface area contributed by atoms with E-state index < -0.39 is 11.4 Å². The molecule has 4 rings (SSSR count). The first-order valence-corrected chi connectivity index (χ1v) is 8.05. The van der Waals surface area contributed by atoms with Crippen LogP contribution in [0.15, 0.2) is 57.8 Å². The van der Waals surface area contributed by atoms with Gasteiger partial charge in [0.15, 0.2) is 0 Å². The van der Waals surface area contributed by atoms with Crippen LogP contribution in [0.1, 0.15) is 6.92 Å². The van der Waals surface area contributed by atoms with E-state index in [0.717, 1.165) is 0 Å². The molecule has 7 heteroatoms. The number of para-hydroxylation sites is 1. The van der Waals surface area contributed by atoms with E-state index in [1.807, 2.05) is 6.92 Å². The van der Waals surface area contributed by atoms with Gasteiger partial charge in [0.2, 0.25) is 5.82 Å². The first-order chi connectivity index (χ1) is 12.6. The van der Waals surface area contributed by atoms with Crippen LogP contribution in [-0.4, -0.2) is 19.8 Å². The van der Waals surface area contributed by atoms with Crippen molar-refractivity contribution in [1.29, 1.82) is 0 Å². The van der Waals surface area contributed by atoms with Crippen molar-refractivity contribution >= 4 is 10.9 Å². The van der Waals surface area contributed by atoms with Gasteiger partial charge in [-0.1, -0.05) is 29.4 Å². The quantitative estimate of drug-likeness (QED) is 0.610. The Kier molecular flexibility index (Phi) is 3.76. The second kappa shape index (κ2) is 6.11. The Bertz CT molecular complexity index is 1180. The lowest BCUT2D eigenvalue weighted by molar-refractivity contribution is 0.424. The Morgan fingerprint density at radius 2 is 1.88 bits per heavy atom. The summed E-state index contributed by atoms with van der Waals surface area (Å²) < 4.78 is 20.6. The molecule has 0 fully saturated rings. The van der Waals surface area contributed by atoms with E-state index >= 15 is 0 Å². The van der Waals surface area contributed by atoms with Crippen molar-refractivity contribution < 1.29 is 14.0 Å². The van der Waals surface area contributed by atoms with E-state index in [4.69, 9.17) is 4.52 Å². The largest absolute Gasteiger partial charge is 0.506 e. The molecule has 4 aromatic rings. The Hall–Kier alpha value is -3.48. The third-order valence-electron chi connectivity index (χ3n) is 4.22. The van der Waals surface area contributed by atoms with Crippen molar-refractivity contribution in [2.75, 3.05) is 0 Å². The summed E-state index contributed by atoms with van der Waals surface area (Å²) >= 11 is 0. The number of rotatable bonds is 3. The number of hydrogen-bond acceptors (Lipinski definition) is 5. The number of benzene rings is 2. The molecule has 0 saturated carbocycles. The molecule has 26 heavy (non-hydrogen) atoms. The third kappa shape index (κ3) is 2.36. The lowest BCUT2D eigenvalue weighted by atomic mass is 10.1. The second-order valence-electron chi connectivity index (χ2n) is 5.69. The number of nitrogens with zero attached hydrogens (tertiary/aromatic N) is 3. The fourth-order valence-electron chi connectivity index (χ4n) is 2.97. The van der Waals surface area contributed by atoms with Crippen LogP contribution in [0.3, 0.4) is 0 Å². The number of aromatic hydroxyl groups is 1. The van der Waals surface area contributed by atoms with Crippen molar-refractivity contribution in [2.45, 2.75) is 13.5 Å². The molecule has 2 aromatic heterocycles. The van der Waals surface area contributed by atoms with Crippen LogP contribution in [0.4, 0.5) is 4.39 Å². The van der Waals surface area contributed by atoms with Crippen molar-refractivity contribution in [1.82, 2.24) is 14.7 Å². The maximum absolute atomic E-state index is 13.9. The third-order valence-corrected chi connectivity index (χ3v) is 4.22. The summed E-state index contributed by atoms with van der Waals surface area (Å²) in [5.74, 6) is -0.889. The van der Waals surface area contributed by atoms with Gasteiger partial charge in [-0.2, -0.15) is 4.98 Å². The molecule has 0 saturated heterocycles. The van der Waals surface area contributed by atoms with Crippen LogP contribution in [-0.2, 0) is 6.54 Å². The molecule has 2 heterocycles. The van der Waals surface area contributed by atoms with Gasteiger partial charge in [-0.15, -0.1) is 0 Å². The van der Waals surface area contributed by atoms with E-state index in [2.05, 4.69) is 10.1 Å². The van der Waals surface area contributed by atoms with Crippen LogP contribution < -0.4 is 5.56 Å². The zero-order valence-electron chi connectivity index (χ0n) is 13.8. The fraction of sp³-hybridized carbons (Fsp3) is 0.105. The molecule has 0 radical (unpaired) electrons. The van der Waals surface area contributed by atoms with Crippen molar-refractivity contribution in [2.24, 2.45) is 0 Å². The molecule has 0 aliphatic heterocycles. The first-order valence-electron chi connectivity index (χ1n) is 8.05. The van der Waals surface area contributed by atoms with Gasteiger partial charge in [0, 0.05) is 11.9 Å². The zero-order chi connectivity index (χ0) is 18.3. The van der Waals surface area contributed by atoms with E-state index in [9.17, 15) is 14.3 Å². The topological polar surface area (TPSA) is 81.2 Å². The van der Waals surface area contributed by atoms with Gasteiger partial charge in [0.25, 0.3) is 11.4 Å². The molecule has 6 nitrogen and oxygen atoms in total. The molecule has 2 aromatic carbocycles. The van der Waals surface area contributed by atoms with Crippen LogP contribution >= 0.6 is 0 Å². The zero-order valence-corrected chi connectivity index (χ0v) is 13.8. The van der Waals surface area contributed by atoms with E-state index in [-0.39, 0.29) is 28.6 Å². The average Bonchev–Trinajstić information content (AvgIpc) is 3.12. The fourth-order valence-corrected chi connectivity index (χ4v) is 2.97. The van der Waals surface area contributed by atoms with Gasteiger partial charge >= 0.3 is 0 Å². The van der Waals surface area contributed by atoms with Crippen molar-refractivity contribution in [3.8, 4) is 28.6 Å². The molecule has 0 amide bonds. The minimum absolute atomic E-state index is 0.00751. The summed E-state index contributed by atoms with van der Waals surface area (Å²) in [4.78, 5) is 17.0. The molecule has 0 spiro atoms. The Balaban J connectivity index is 1.96. The monoisotopic (exact) mass is 351 g/mol. The predicted octanol–water partition coefficient (Wildman–Crippen LogP) is 3.58. The van der Waals surface area contributed by atoms with Gasteiger partial charge < -0.3 is 14.2 Å². The first kappa shape index (κ1) is 16.0. The van der Waals surface area contributed by atoms with Crippen LogP contribution in [0.5, 0.6) is 5.75 Å². The predicted molar refractivity (Wildman–Crippen MR) is 94.2 cm³/mol. The second-order valence-corrected chi connectivity index (χ2v) is 5.69. The van der Waals surface area contributed by atoms with Crippen LogP contribution in [0, 0.1) is 5.82 Å². The van der Waals surface area contributed by atoms with Crippen molar-refractivity contribution in [3.05, 3.63) is 64.7 Å². The molecular weight excluding hydrogens is 337 g/mol. The summed E-state index contributed by atoms with van der Waals surface area (Å²) in [5, 5.41) is 14.9. The van der Waals surface area contributed by atoms with Gasteiger partial charge in [0.1, 0.15) is 17.1 Å². The highest BCUT2D eigenvalue weighted by Crippen LogP contribution is 2.33. The average molecular weight is 351 g/mol. The summed E-state index contributed by atoms with van der Waals surface area (Å²) in [5.41, 5.74) is 0.210. The molecule has 0 aliphatic rings. The number of hydrogen-bond donors (Lipinski definition) is 1. The number of pyridine rings is 1. The Labute approximate surface area is 147 Å². The highest BCUT2D eigenvalue weighted by Gasteiger charge is 2.23. The molecule has 0 unspecified atom stereocenters. The van der Waals surface area contributed by atoms with E-state index in [1.54, 1.807) is 36.4 Å². The number of halogens is 1. The molecule has 0 bridgehead atoms. The smallest absolute Gasteiger partial charge is 0.267 e. The van der Waals surface area contributed by atoms with E-state index in [1.165, 1.54) is 16.7 Å². The normalized spacial score (nSPS) is 11.2. The number of aryl methyl sites for hydroxylation is 1. The summed E-state index contributed by atoms with van der Waals surface area (Å²) in [6.07, 6.45) is 0. The maximum atomic E-state index is 13.9.